The molecule has 0 bridgehead atoms. The molecule has 0 aromatic carbocycles. The fraction of sp³-hybridized carbons (Fsp3) is 1.00. The van der Waals surface area contributed by atoms with Gasteiger partial charge in [0.25, 0.3) is 0 Å². The van der Waals surface area contributed by atoms with Crippen molar-refractivity contribution in [2.75, 3.05) is 32.8 Å². The molecule has 0 aliphatic carbocycles. The number of hydrogen-bond acceptors (Lipinski definition) is 4. The zero-order valence-corrected chi connectivity index (χ0v) is 17.5. The number of morpholine rings is 1. The molecule has 0 saturated carbocycles. The molecule has 2 atom stereocenters. The van der Waals surface area contributed by atoms with Gasteiger partial charge in [-0.2, -0.15) is 0 Å². The molecular formula is C22H46N2O2. The molecule has 0 radical (unpaired) electrons. The largest absolute Gasteiger partial charge is 0.391 e. The topological polar surface area (TPSA) is 58.7 Å². The third-order valence-electron chi connectivity index (χ3n) is 5.77. The number of unbranched alkanes of at least 4 members (excludes halogenated alkanes) is 10. The number of aliphatic hydroxyl groups is 1. The first kappa shape index (κ1) is 23.9. The Hall–Kier alpha value is -0.160. The highest BCUT2D eigenvalue weighted by Gasteiger charge is 2.26. The van der Waals surface area contributed by atoms with Crippen molar-refractivity contribution in [3.63, 3.8) is 0 Å². The summed E-state index contributed by atoms with van der Waals surface area (Å²) in [6.07, 6.45) is 17.3. The molecule has 1 aliphatic rings. The van der Waals surface area contributed by atoms with E-state index in [0.29, 0.717) is 6.04 Å². The Morgan fingerprint density at radius 3 is 1.96 bits per heavy atom. The van der Waals surface area contributed by atoms with E-state index in [1.165, 1.54) is 64.2 Å². The van der Waals surface area contributed by atoms with Crippen LogP contribution < -0.4 is 5.73 Å². The number of rotatable bonds is 17. The lowest BCUT2D eigenvalue weighted by atomic mass is 9.96. The molecule has 0 aromatic heterocycles. The maximum absolute atomic E-state index is 10.8. The van der Waals surface area contributed by atoms with E-state index >= 15 is 0 Å². The van der Waals surface area contributed by atoms with Gasteiger partial charge < -0.3 is 15.6 Å². The lowest BCUT2D eigenvalue weighted by Gasteiger charge is -2.37. The second-order valence-corrected chi connectivity index (χ2v) is 8.04. The van der Waals surface area contributed by atoms with Gasteiger partial charge in [0.05, 0.1) is 19.3 Å². The minimum Gasteiger partial charge on any atom is -0.391 e. The van der Waals surface area contributed by atoms with Gasteiger partial charge in [0.1, 0.15) is 0 Å². The van der Waals surface area contributed by atoms with Crippen molar-refractivity contribution in [1.29, 1.82) is 0 Å². The Bertz CT molecular complexity index is 296. The normalized spacial score (nSPS) is 18.1. The quantitative estimate of drug-likeness (QED) is 0.370. The van der Waals surface area contributed by atoms with Crippen LogP contribution in [-0.4, -0.2) is 55.0 Å². The fourth-order valence-electron chi connectivity index (χ4n) is 4.06. The van der Waals surface area contributed by atoms with Crippen molar-refractivity contribution < 1.29 is 9.84 Å². The van der Waals surface area contributed by atoms with Gasteiger partial charge in [-0.05, 0) is 25.8 Å². The molecule has 4 nitrogen and oxygen atoms in total. The molecule has 1 rings (SSSR count). The number of aliphatic hydroxyl groups excluding tert-OH is 1. The van der Waals surface area contributed by atoms with Gasteiger partial charge in [-0.3, -0.25) is 4.90 Å². The van der Waals surface area contributed by atoms with Gasteiger partial charge in [-0.1, -0.05) is 77.6 Å². The molecule has 3 N–H and O–H groups in total. The summed E-state index contributed by atoms with van der Waals surface area (Å²) in [7, 11) is 0. The van der Waals surface area contributed by atoms with Crippen LogP contribution in [0, 0.1) is 0 Å². The number of hydrogen-bond donors (Lipinski definition) is 2. The second kappa shape index (κ2) is 17.0. The summed E-state index contributed by atoms with van der Waals surface area (Å²) in [5.41, 5.74) is 5.54. The van der Waals surface area contributed by atoms with Gasteiger partial charge in [-0.25, -0.2) is 0 Å². The maximum atomic E-state index is 10.8. The highest BCUT2D eigenvalue weighted by molar-refractivity contribution is 4.81. The minimum atomic E-state index is -0.173. The second-order valence-electron chi connectivity index (χ2n) is 8.04. The van der Waals surface area contributed by atoms with Crippen molar-refractivity contribution in [1.82, 2.24) is 4.90 Å². The van der Waals surface area contributed by atoms with Crippen molar-refractivity contribution in [2.45, 2.75) is 109 Å². The van der Waals surface area contributed by atoms with Crippen LogP contribution in [0.1, 0.15) is 96.8 Å². The zero-order chi connectivity index (χ0) is 18.9. The van der Waals surface area contributed by atoms with E-state index < -0.39 is 0 Å². The van der Waals surface area contributed by atoms with Gasteiger partial charge >= 0.3 is 0 Å². The van der Waals surface area contributed by atoms with E-state index in [-0.39, 0.29) is 6.10 Å². The van der Waals surface area contributed by atoms with Gasteiger partial charge in [0.2, 0.25) is 0 Å². The smallest absolute Gasteiger partial charge is 0.0695 e. The maximum Gasteiger partial charge on any atom is 0.0695 e. The van der Waals surface area contributed by atoms with Gasteiger partial charge in [0, 0.05) is 19.1 Å². The van der Waals surface area contributed by atoms with E-state index in [1.807, 2.05) is 0 Å². The van der Waals surface area contributed by atoms with Crippen LogP contribution in [-0.2, 0) is 4.74 Å². The monoisotopic (exact) mass is 370 g/mol. The molecule has 2 unspecified atom stereocenters. The summed E-state index contributed by atoms with van der Waals surface area (Å²) in [5.74, 6) is 0. The average molecular weight is 371 g/mol. The van der Waals surface area contributed by atoms with Crippen molar-refractivity contribution in [3.05, 3.63) is 0 Å². The highest BCUT2D eigenvalue weighted by Crippen LogP contribution is 2.20. The van der Waals surface area contributed by atoms with E-state index in [0.717, 1.165) is 58.5 Å². The van der Waals surface area contributed by atoms with Crippen LogP contribution >= 0.6 is 0 Å². The Morgan fingerprint density at radius 2 is 1.35 bits per heavy atom. The summed E-state index contributed by atoms with van der Waals surface area (Å²) in [4.78, 5) is 2.49. The molecule has 26 heavy (non-hydrogen) atoms. The first-order valence-electron chi connectivity index (χ1n) is 11.5. The standard InChI is InChI=1S/C22H46N2O2/c1-2-3-4-5-8-11-14-21(24-17-19-26-20-18-24)22(25)15-12-9-6-7-10-13-16-23/h21-22,25H,2-20,23H2,1H3. The zero-order valence-electron chi connectivity index (χ0n) is 17.5. The Balaban J connectivity index is 2.25. The van der Waals surface area contributed by atoms with E-state index in [2.05, 4.69) is 11.8 Å². The number of ether oxygens (including phenoxy) is 1. The number of nitrogens with two attached hydrogens (primary N) is 1. The van der Waals surface area contributed by atoms with Crippen LogP contribution in [0.15, 0.2) is 0 Å². The summed E-state index contributed by atoms with van der Waals surface area (Å²) in [6.45, 7) is 6.69. The molecule has 4 heteroatoms. The Morgan fingerprint density at radius 1 is 0.808 bits per heavy atom. The third kappa shape index (κ3) is 11.5. The SMILES string of the molecule is CCCCCCCCC(C(O)CCCCCCCCN)N1CCOCC1. The third-order valence-corrected chi connectivity index (χ3v) is 5.77. The Labute approximate surface area is 162 Å². The Kier molecular flexibility index (Phi) is 15.6. The molecule has 1 aliphatic heterocycles. The van der Waals surface area contributed by atoms with Crippen LogP contribution in [0.2, 0.25) is 0 Å². The summed E-state index contributed by atoms with van der Waals surface area (Å²) in [5, 5.41) is 10.8. The van der Waals surface area contributed by atoms with E-state index in [9.17, 15) is 5.11 Å². The predicted octanol–water partition coefficient (Wildman–Crippen LogP) is 4.49. The van der Waals surface area contributed by atoms with E-state index in [4.69, 9.17) is 10.5 Å². The summed E-state index contributed by atoms with van der Waals surface area (Å²) in [6, 6.07) is 0.335. The molecule has 1 heterocycles. The van der Waals surface area contributed by atoms with Crippen molar-refractivity contribution in [2.24, 2.45) is 5.73 Å². The molecular weight excluding hydrogens is 324 g/mol. The highest BCUT2D eigenvalue weighted by atomic mass is 16.5. The average Bonchev–Trinajstić information content (AvgIpc) is 2.67. The predicted molar refractivity (Wildman–Crippen MR) is 112 cm³/mol. The molecule has 0 amide bonds. The van der Waals surface area contributed by atoms with Crippen LogP contribution in [0.4, 0.5) is 0 Å². The van der Waals surface area contributed by atoms with Gasteiger partial charge in [0.15, 0.2) is 0 Å². The number of nitrogens with zero attached hydrogens (tertiary/aromatic N) is 1. The van der Waals surface area contributed by atoms with Crippen LogP contribution in [0.5, 0.6) is 0 Å². The molecule has 1 fully saturated rings. The van der Waals surface area contributed by atoms with Crippen LogP contribution in [0.3, 0.4) is 0 Å². The summed E-state index contributed by atoms with van der Waals surface area (Å²) < 4.78 is 5.51. The lowest BCUT2D eigenvalue weighted by Crippen LogP contribution is -2.49. The lowest BCUT2D eigenvalue weighted by molar-refractivity contribution is -0.0276. The van der Waals surface area contributed by atoms with Gasteiger partial charge in [-0.15, -0.1) is 0 Å². The van der Waals surface area contributed by atoms with Crippen molar-refractivity contribution >= 4 is 0 Å². The van der Waals surface area contributed by atoms with Crippen molar-refractivity contribution in [3.8, 4) is 0 Å². The molecule has 1 saturated heterocycles. The first-order chi connectivity index (χ1) is 12.8. The fourth-order valence-corrected chi connectivity index (χ4v) is 4.06. The molecule has 156 valence electrons. The first-order valence-corrected chi connectivity index (χ1v) is 11.5. The van der Waals surface area contributed by atoms with E-state index in [1.54, 1.807) is 0 Å². The molecule has 0 aromatic rings. The minimum absolute atomic E-state index is 0.173. The molecule has 0 spiro atoms. The summed E-state index contributed by atoms with van der Waals surface area (Å²) >= 11 is 0. The van der Waals surface area contributed by atoms with Crippen LogP contribution in [0.25, 0.3) is 0 Å².